The van der Waals surface area contributed by atoms with Crippen LogP contribution in [0, 0.1) is 0 Å². The Balaban J connectivity index is 2.17. The number of aliphatic carboxylic acids is 1. The molecular formula is C10H15N3O2. The minimum atomic E-state index is -0.797. The molecule has 2 rings (SSSR count). The Morgan fingerprint density at radius 1 is 1.80 bits per heavy atom. The highest BCUT2D eigenvalue weighted by Gasteiger charge is 2.41. The van der Waals surface area contributed by atoms with E-state index in [0.29, 0.717) is 12.8 Å². The third-order valence-corrected chi connectivity index (χ3v) is 2.90. The van der Waals surface area contributed by atoms with Crippen molar-refractivity contribution in [2.45, 2.75) is 24.8 Å². The van der Waals surface area contributed by atoms with E-state index in [1.165, 1.54) is 0 Å². The molecule has 1 aromatic heterocycles. The van der Waals surface area contributed by atoms with Crippen LogP contribution in [0.4, 0.5) is 0 Å². The Hall–Kier alpha value is -1.36. The molecule has 0 aromatic carbocycles. The first-order chi connectivity index (χ1) is 7.12. The molecule has 15 heavy (non-hydrogen) atoms. The molecule has 1 saturated heterocycles. The largest absolute Gasteiger partial charge is 0.480 e. The van der Waals surface area contributed by atoms with Crippen molar-refractivity contribution in [3.05, 3.63) is 18.0 Å². The number of hydrogen-bond acceptors (Lipinski definition) is 3. The lowest BCUT2D eigenvalue weighted by Crippen LogP contribution is -2.49. The predicted molar refractivity (Wildman–Crippen MR) is 54.5 cm³/mol. The number of carboxylic acids is 1. The zero-order chi connectivity index (χ0) is 10.9. The molecule has 1 aliphatic rings. The fraction of sp³-hybridized carbons (Fsp3) is 0.600. The summed E-state index contributed by atoms with van der Waals surface area (Å²) in [6.07, 6.45) is 3.89. The van der Waals surface area contributed by atoms with Gasteiger partial charge in [0, 0.05) is 19.7 Å². The Morgan fingerprint density at radius 2 is 2.60 bits per heavy atom. The Labute approximate surface area is 88.1 Å². The van der Waals surface area contributed by atoms with Crippen molar-refractivity contribution in [3.8, 4) is 0 Å². The summed E-state index contributed by atoms with van der Waals surface area (Å²) in [6, 6.07) is 1.87. The summed E-state index contributed by atoms with van der Waals surface area (Å²) >= 11 is 0. The van der Waals surface area contributed by atoms with Gasteiger partial charge in [0.15, 0.2) is 0 Å². The van der Waals surface area contributed by atoms with E-state index in [4.69, 9.17) is 0 Å². The van der Waals surface area contributed by atoms with Crippen molar-refractivity contribution < 1.29 is 9.90 Å². The lowest BCUT2D eigenvalue weighted by Gasteiger charge is -2.23. The molecule has 0 saturated carbocycles. The van der Waals surface area contributed by atoms with Gasteiger partial charge in [-0.1, -0.05) is 0 Å². The van der Waals surface area contributed by atoms with E-state index in [0.717, 1.165) is 18.7 Å². The Kier molecular flexibility index (Phi) is 2.48. The van der Waals surface area contributed by atoms with E-state index in [2.05, 4.69) is 10.4 Å². The molecule has 0 radical (unpaired) electrons. The third-order valence-electron chi connectivity index (χ3n) is 2.90. The Bertz CT molecular complexity index is 366. The first-order valence-corrected chi connectivity index (χ1v) is 5.09. The van der Waals surface area contributed by atoms with Gasteiger partial charge in [0.1, 0.15) is 5.54 Å². The SMILES string of the molecule is Cn1ccc(CC2(C(=O)O)CCCN2)n1. The molecule has 82 valence electrons. The second kappa shape index (κ2) is 3.66. The molecule has 2 N–H and O–H groups in total. The maximum absolute atomic E-state index is 11.2. The van der Waals surface area contributed by atoms with Gasteiger partial charge in [-0.05, 0) is 25.5 Å². The van der Waals surface area contributed by atoms with E-state index >= 15 is 0 Å². The number of carboxylic acid groups (broad SMARTS) is 1. The van der Waals surface area contributed by atoms with Crippen molar-refractivity contribution in [1.82, 2.24) is 15.1 Å². The zero-order valence-electron chi connectivity index (χ0n) is 8.73. The van der Waals surface area contributed by atoms with Gasteiger partial charge in [-0.15, -0.1) is 0 Å². The number of nitrogens with zero attached hydrogens (tertiary/aromatic N) is 2. The average Bonchev–Trinajstić information content (AvgIpc) is 2.77. The van der Waals surface area contributed by atoms with Crippen molar-refractivity contribution in [3.63, 3.8) is 0 Å². The second-order valence-corrected chi connectivity index (χ2v) is 4.08. The average molecular weight is 209 g/mol. The molecule has 2 heterocycles. The van der Waals surface area contributed by atoms with Crippen LogP contribution in [0.5, 0.6) is 0 Å². The molecule has 0 bridgehead atoms. The summed E-state index contributed by atoms with van der Waals surface area (Å²) in [4.78, 5) is 11.2. The van der Waals surface area contributed by atoms with Crippen LogP contribution in [0.3, 0.4) is 0 Å². The molecule has 0 amide bonds. The van der Waals surface area contributed by atoms with Crippen molar-refractivity contribution in [1.29, 1.82) is 0 Å². The van der Waals surface area contributed by atoms with Crippen molar-refractivity contribution in [2.24, 2.45) is 7.05 Å². The van der Waals surface area contributed by atoms with Gasteiger partial charge >= 0.3 is 5.97 Å². The summed E-state index contributed by atoms with van der Waals surface area (Å²) in [7, 11) is 1.83. The van der Waals surface area contributed by atoms with Crippen LogP contribution in [0.1, 0.15) is 18.5 Å². The number of hydrogen-bond donors (Lipinski definition) is 2. The van der Waals surface area contributed by atoms with E-state index in [1.54, 1.807) is 4.68 Å². The predicted octanol–water partition coefficient (Wildman–Crippen LogP) is 0.169. The molecule has 1 unspecified atom stereocenters. The minimum absolute atomic E-state index is 0.461. The van der Waals surface area contributed by atoms with Gasteiger partial charge < -0.3 is 10.4 Å². The minimum Gasteiger partial charge on any atom is -0.480 e. The van der Waals surface area contributed by atoms with Gasteiger partial charge in [0.2, 0.25) is 0 Å². The van der Waals surface area contributed by atoms with E-state index < -0.39 is 11.5 Å². The van der Waals surface area contributed by atoms with E-state index in [1.807, 2.05) is 19.3 Å². The fourth-order valence-electron chi connectivity index (χ4n) is 2.08. The van der Waals surface area contributed by atoms with E-state index in [-0.39, 0.29) is 0 Å². The highest BCUT2D eigenvalue weighted by atomic mass is 16.4. The third kappa shape index (κ3) is 1.87. The number of aromatic nitrogens is 2. The molecule has 1 aliphatic heterocycles. The summed E-state index contributed by atoms with van der Waals surface area (Å²) in [5.74, 6) is -0.773. The molecule has 1 atom stereocenters. The van der Waals surface area contributed by atoms with Crippen LogP contribution in [0.2, 0.25) is 0 Å². The highest BCUT2D eigenvalue weighted by Crippen LogP contribution is 2.23. The van der Waals surface area contributed by atoms with Crippen LogP contribution in [-0.2, 0) is 18.3 Å². The first-order valence-electron chi connectivity index (χ1n) is 5.09. The summed E-state index contributed by atoms with van der Waals surface area (Å²) in [5, 5.41) is 16.5. The van der Waals surface area contributed by atoms with Gasteiger partial charge in [-0.2, -0.15) is 5.10 Å². The van der Waals surface area contributed by atoms with Gasteiger partial charge in [-0.25, -0.2) is 0 Å². The quantitative estimate of drug-likeness (QED) is 0.744. The number of carbonyl (C=O) groups is 1. The fourth-order valence-corrected chi connectivity index (χ4v) is 2.08. The van der Waals surface area contributed by atoms with Crippen LogP contribution >= 0.6 is 0 Å². The lowest BCUT2D eigenvalue weighted by atomic mass is 9.92. The molecule has 0 spiro atoms. The van der Waals surface area contributed by atoms with Gasteiger partial charge in [0.25, 0.3) is 0 Å². The number of nitrogens with one attached hydrogen (secondary N) is 1. The van der Waals surface area contributed by atoms with Crippen molar-refractivity contribution in [2.75, 3.05) is 6.54 Å². The summed E-state index contributed by atoms with van der Waals surface area (Å²) < 4.78 is 1.69. The molecule has 1 fully saturated rings. The van der Waals surface area contributed by atoms with E-state index in [9.17, 15) is 9.90 Å². The maximum Gasteiger partial charge on any atom is 0.324 e. The first kappa shape index (κ1) is 10.2. The summed E-state index contributed by atoms with van der Waals surface area (Å²) in [6.45, 7) is 0.777. The van der Waals surface area contributed by atoms with Gasteiger partial charge in [-0.3, -0.25) is 9.48 Å². The van der Waals surface area contributed by atoms with Crippen LogP contribution in [0.25, 0.3) is 0 Å². The smallest absolute Gasteiger partial charge is 0.324 e. The topological polar surface area (TPSA) is 67.2 Å². The molecule has 5 nitrogen and oxygen atoms in total. The number of rotatable bonds is 3. The van der Waals surface area contributed by atoms with Crippen LogP contribution in [0.15, 0.2) is 12.3 Å². The lowest BCUT2D eigenvalue weighted by molar-refractivity contribution is -0.144. The normalized spacial score (nSPS) is 25.7. The number of aryl methyl sites for hydroxylation is 1. The summed E-state index contributed by atoms with van der Waals surface area (Å²) in [5.41, 5.74) is 0.0308. The molecule has 0 aliphatic carbocycles. The van der Waals surface area contributed by atoms with Crippen LogP contribution < -0.4 is 5.32 Å². The standard InChI is InChI=1S/C10H15N3O2/c1-13-6-3-8(12-13)7-10(9(14)15)4-2-5-11-10/h3,6,11H,2,4-5,7H2,1H3,(H,14,15). The molecule has 1 aromatic rings. The monoisotopic (exact) mass is 209 g/mol. The van der Waals surface area contributed by atoms with Crippen LogP contribution in [-0.4, -0.2) is 32.9 Å². The van der Waals surface area contributed by atoms with Crippen molar-refractivity contribution >= 4 is 5.97 Å². The molecule has 5 heteroatoms. The molecular weight excluding hydrogens is 194 g/mol. The maximum atomic E-state index is 11.2. The highest BCUT2D eigenvalue weighted by molar-refractivity contribution is 5.79. The zero-order valence-corrected chi connectivity index (χ0v) is 8.73. The van der Waals surface area contributed by atoms with Gasteiger partial charge in [0.05, 0.1) is 5.69 Å². The Morgan fingerprint density at radius 3 is 3.07 bits per heavy atom. The second-order valence-electron chi connectivity index (χ2n) is 4.08.